The predicted molar refractivity (Wildman–Crippen MR) is 102 cm³/mol. The summed E-state index contributed by atoms with van der Waals surface area (Å²) in [6.07, 6.45) is 2.17. The van der Waals surface area contributed by atoms with Gasteiger partial charge in [0.2, 0.25) is 0 Å². The van der Waals surface area contributed by atoms with Crippen LogP contribution in [0, 0.1) is 18.7 Å². The van der Waals surface area contributed by atoms with Gasteiger partial charge in [-0.15, -0.1) is 11.3 Å². The zero-order valence-corrected chi connectivity index (χ0v) is 16.3. The first-order valence-corrected chi connectivity index (χ1v) is 9.61. The van der Waals surface area contributed by atoms with E-state index in [9.17, 15) is 9.18 Å². The van der Waals surface area contributed by atoms with Crippen molar-refractivity contribution in [1.82, 2.24) is 9.88 Å². The maximum Gasteiger partial charge on any atom is 0.273 e. The Hall–Kier alpha value is -2.15. The Kier molecular flexibility index (Phi) is 5.46. The van der Waals surface area contributed by atoms with E-state index in [2.05, 4.69) is 24.1 Å². The molecule has 0 saturated carbocycles. The van der Waals surface area contributed by atoms with Crippen LogP contribution in [0.3, 0.4) is 0 Å². The number of piperidine rings is 1. The van der Waals surface area contributed by atoms with Gasteiger partial charge < -0.3 is 15.0 Å². The molecule has 1 aromatic heterocycles. The highest BCUT2D eigenvalue weighted by Gasteiger charge is 2.31. The van der Waals surface area contributed by atoms with Gasteiger partial charge in [0.15, 0.2) is 16.7 Å². The molecule has 1 amide bonds. The third-order valence-corrected chi connectivity index (χ3v) is 5.92. The lowest BCUT2D eigenvalue weighted by atomic mass is 9.92. The van der Waals surface area contributed by atoms with Crippen LogP contribution in [0.15, 0.2) is 18.2 Å². The van der Waals surface area contributed by atoms with Gasteiger partial charge in [-0.1, -0.05) is 6.92 Å². The lowest BCUT2D eigenvalue weighted by Gasteiger charge is -2.37. The van der Waals surface area contributed by atoms with Gasteiger partial charge in [0, 0.05) is 29.2 Å². The van der Waals surface area contributed by atoms with Crippen LogP contribution in [0.5, 0.6) is 5.75 Å². The molecule has 1 saturated heterocycles. The number of rotatable bonds is 4. The van der Waals surface area contributed by atoms with Crippen molar-refractivity contribution in [2.75, 3.05) is 19.0 Å². The van der Waals surface area contributed by atoms with Gasteiger partial charge in [-0.3, -0.25) is 4.79 Å². The van der Waals surface area contributed by atoms with E-state index in [1.165, 1.54) is 24.5 Å². The second kappa shape index (κ2) is 7.61. The minimum Gasteiger partial charge on any atom is -0.494 e. The molecular weight excluding hydrogens is 353 g/mol. The van der Waals surface area contributed by atoms with Crippen LogP contribution in [0.2, 0.25) is 0 Å². The van der Waals surface area contributed by atoms with Gasteiger partial charge >= 0.3 is 0 Å². The summed E-state index contributed by atoms with van der Waals surface area (Å²) in [6, 6.07) is 4.84. The molecule has 2 unspecified atom stereocenters. The maximum atomic E-state index is 13.8. The van der Waals surface area contributed by atoms with E-state index in [1.807, 2.05) is 11.8 Å². The Morgan fingerprint density at radius 2 is 2.19 bits per heavy atom. The number of anilines is 2. The normalized spacial score (nSPS) is 20.1. The standard InChI is InChI=1S/C19H24FN3O2S/c1-11-6-5-9-23(12(11)2)18(24)17-13(3)26-19(22-17)21-14-7-8-16(25-4)15(20)10-14/h7-8,10-12H,5-6,9H2,1-4H3,(H,21,22). The number of halogens is 1. The molecule has 7 heteroatoms. The Bertz CT molecular complexity index is 808. The first-order chi connectivity index (χ1) is 12.4. The number of likely N-dealkylation sites (tertiary alicyclic amines) is 1. The average Bonchev–Trinajstić information content (AvgIpc) is 2.97. The van der Waals surface area contributed by atoms with Gasteiger partial charge in [-0.05, 0) is 44.7 Å². The van der Waals surface area contributed by atoms with E-state index in [0.29, 0.717) is 22.4 Å². The lowest BCUT2D eigenvalue weighted by molar-refractivity contribution is 0.0545. The van der Waals surface area contributed by atoms with Crippen molar-refractivity contribution in [2.24, 2.45) is 5.92 Å². The number of hydrogen-bond acceptors (Lipinski definition) is 5. The summed E-state index contributed by atoms with van der Waals surface area (Å²) < 4.78 is 18.8. The van der Waals surface area contributed by atoms with Crippen molar-refractivity contribution in [1.29, 1.82) is 0 Å². The van der Waals surface area contributed by atoms with Gasteiger partial charge in [0.25, 0.3) is 5.91 Å². The summed E-state index contributed by atoms with van der Waals surface area (Å²) in [5.74, 6) is 0.214. The number of nitrogens with one attached hydrogen (secondary N) is 1. The van der Waals surface area contributed by atoms with E-state index in [0.717, 1.165) is 24.3 Å². The van der Waals surface area contributed by atoms with Crippen LogP contribution in [0.4, 0.5) is 15.2 Å². The van der Waals surface area contributed by atoms with E-state index >= 15 is 0 Å². The summed E-state index contributed by atoms with van der Waals surface area (Å²) in [5.41, 5.74) is 1.04. The third kappa shape index (κ3) is 3.67. The topological polar surface area (TPSA) is 54.5 Å². The lowest BCUT2D eigenvalue weighted by Crippen LogP contribution is -2.46. The SMILES string of the molecule is COc1ccc(Nc2nc(C(=O)N3CCCC(C)C3C)c(C)s2)cc1F. The Morgan fingerprint density at radius 3 is 2.88 bits per heavy atom. The summed E-state index contributed by atoms with van der Waals surface area (Å²) >= 11 is 1.40. The molecule has 0 spiro atoms. The Morgan fingerprint density at radius 1 is 1.42 bits per heavy atom. The molecule has 1 aliphatic heterocycles. The Balaban J connectivity index is 1.78. The summed E-state index contributed by atoms with van der Waals surface area (Å²) in [7, 11) is 1.43. The second-order valence-electron chi connectivity index (χ2n) is 6.76. The van der Waals surface area contributed by atoms with E-state index in [-0.39, 0.29) is 17.7 Å². The zero-order chi connectivity index (χ0) is 18.8. The first kappa shape index (κ1) is 18.6. The fraction of sp³-hybridized carbons (Fsp3) is 0.474. The fourth-order valence-corrected chi connectivity index (χ4v) is 4.10. The molecule has 2 atom stereocenters. The molecule has 0 bridgehead atoms. The number of benzene rings is 1. The first-order valence-electron chi connectivity index (χ1n) is 8.79. The smallest absolute Gasteiger partial charge is 0.273 e. The van der Waals surface area contributed by atoms with Gasteiger partial charge in [0.05, 0.1) is 7.11 Å². The van der Waals surface area contributed by atoms with E-state index in [4.69, 9.17) is 4.74 Å². The Labute approximate surface area is 157 Å². The van der Waals surface area contributed by atoms with Gasteiger partial charge in [0.1, 0.15) is 5.69 Å². The van der Waals surface area contributed by atoms with Crippen LogP contribution in [-0.4, -0.2) is 35.5 Å². The number of aryl methyl sites for hydroxylation is 1. The number of nitrogens with zero attached hydrogens (tertiary/aromatic N) is 2. The number of amides is 1. The van der Waals surface area contributed by atoms with Crippen LogP contribution >= 0.6 is 11.3 Å². The molecule has 26 heavy (non-hydrogen) atoms. The second-order valence-corrected chi connectivity index (χ2v) is 7.96. The van der Waals surface area contributed by atoms with Crippen LogP contribution < -0.4 is 10.1 Å². The minimum absolute atomic E-state index is 0.0215. The molecule has 0 radical (unpaired) electrons. The molecule has 0 aliphatic carbocycles. The van der Waals surface area contributed by atoms with Crippen molar-refractivity contribution in [3.05, 3.63) is 34.6 Å². The number of hydrogen-bond donors (Lipinski definition) is 1. The van der Waals surface area contributed by atoms with Crippen LogP contribution in [0.1, 0.15) is 42.1 Å². The number of ether oxygens (including phenoxy) is 1. The molecule has 1 aliphatic rings. The molecule has 2 heterocycles. The third-order valence-electron chi connectivity index (χ3n) is 5.04. The van der Waals surface area contributed by atoms with Crippen LogP contribution in [0.25, 0.3) is 0 Å². The largest absolute Gasteiger partial charge is 0.494 e. The number of carbonyl (C=O) groups excluding carboxylic acids is 1. The molecular formula is C19H24FN3O2S. The van der Waals surface area contributed by atoms with Crippen molar-refractivity contribution in [3.8, 4) is 5.75 Å². The van der Waals surface area contributed by atoms with Crippen molar-refractivity contribution >= 4 is 28.1 Å². The number of aromatic nitrogens is 1. The number of thiazole rings is 1. The highest BCUT2D eigenvalue weighted by molar-refractivity contribution is 7.15. The average molecular weight is 377 g/mol. The molecule has 1 aromatic carbocycles. The zero-order valence-electron chi connectivity index (χ0n) is 15.5. The van der Waals surface area contributed by atoms with E-state index in [1.54, 1.807) is 12.1 Å². The van der Waals surface area contributed by atoms with Gasteiger partial charge in [-0.25, -0.2) is 9.37 Å². The van der Waals surface area contributed by atoms with Crippen molar-refractivity contribution < 1.29 is 13.9 Å². The summed E-state index contributed by atoms with van der Waals surface area (Å²) in [5, 5.41) is 3.65. The summed E-state index contributed by atoms with van der Waals surface area (Å²) in [4.78, 5) is 20.2. The maximum absolute atomic E-state index is 13.8. The van der Waals surface area contributed by atoms with Crippen LogP contribution in [-0.2, 0) is 0 Å². The van der Waals surface area contributed by atoms with Gasteiger partial charge in [-0.2, -0.15) is 0 Å². The highest BCUT2D eigenvalue weighted by Crippen LogP contribution is 2.30. The number of carbonyl (C=O) groups is 1. The summed E-state index contributed by atoms with van der Waals surface area (Å²) in [6.45, 7) is 6.95. The number of methoxy groups -OCH3 is 1. The molecule has 1 fully saturated rings. The molecule has 2 aromatic rings. The van der Waals surface area contributed by atoms with Crippen molar-refractivity contribution in [2.45, 2.75) is 39.7 Å². The minimum atomic E-state index is -0.446. The van der Waals surface area contributed by atoms with E-state index < -0.39 is 5.82 Å². The molecule has 1 N–H and O–H groups in total. The molecule has 3 rings (SSSR count). The molecule has 5 nitrogen and oxygen atoms in total. The quantitative estimate of drug-likeness (QED) is 0.846. The van der Waals surface area contributed by atoms with Crippen molar-refractivity contribution in [3.63, 3.8) is 0 Å². The predicted octanol–water partition coefficient (Wildman–Crippen LogP) is 4.60. The molecule has 140 valence electrons. The fourth-order valence-electron chi connectivity index (χ4n) is 3.27. The monoisotopic (exact) mass is 377 g/mol. The highest BCUT2D eigenvalue weighted by atomic mass is 32.1.